The molecule has 2 aliphatic rings. The molecule has 0 saturated heterocycles. The Balaban J connectivity index is 1.49. The summed E-state index contributed by atoms with van der Waals surface area (Å²) >= 11 is 0. The van der Waals surface area contributed by atoms with Gasteiger partial charge in [0.25, 0.3) is 0 Å². The Hall–Kier alpha value is 0.620. The Bertz CT molecular complexity index is 785. The van der Waals surface area contributed by atoms with E-state index in [2.05, 4.69) is 73.2 Å². The van der Waals surface area contributed by atoms with E-state index in [-0.39, 0.29) is 0 Å². The number of unbranched alkanes of at least 4 members (excludes halogenated alkanes) is 22. The van der Waals surface area contributed by atoms with Crippen LogP contribution in [0.25, 0.3) is 0 Å². The molecule has 0 spiro atoms. The molecule has 4 heteroatoms. The highest BCUT2D eigenvalue weighted by Gasteiger charge is 2.35. The number of rotatable bonds is 47. The standard InChI is InChI=1S/C54H108N2S2/c1-7-11-15-17-21-29-35-49-47-51(49)37-31-23-19-25-33-41-53(39-27-13-9-3)55(5)43-45-57-58-46-44-56(6)54(40-28-14-10-4)42-34-26-20-24-32-38-52-48-50(52)36-30-22-18-16-12-8-2/h49-54H,7-48H2,1-6H3. The SMILES string of the molecule is CCCCCCCCC1CC1CCCCCCCC(CCCCC)N(C)CCSSCCN(C)C(CCCCC)CCCCCCCC1CC1CCCCCCCC. The van der Waals surface area contributed by atoms with Crippen LogP contribution in [-0.4, -0.2) is 60.6 Å². The summed E-state index contributed by atoms with van der Waals surface area (Å²) in [4.78, 5) is 5.49. The van der Waals surface area contributed by atoms with Gasteiger partial charge in [0, 0.05) is 36.7 Å². The normalized spacial score (nSPS) is 20.1. The zero-order valence-electron chi connectivity index (χ0n) is 40.9. The second-order valence-electron chi connectivity index (χ2n) is 20.2. The molecule has 6 atom stereocenters. The fraction of sp³-hybridized carbons (Fsp3) is 1.00. The van der Waals surface area contributed by atoms with Gasteiger partial charge in [-0.05, 0) is 76.3 Å². The van der Waals surface area contributed by atoms with E-state index >= 15 is 0 Å². The van der Waals surface area contributed by atoms with Crippen LogP contribution in [0.5, 0.6) is 0 Å². The summed E-state index contributed by atoms with van der Waals surface area (Å²) in [6.07, 6.45) is 55.5. The van der Waals surface area contributed by atoms with E-state index in [0.717, 1.165) is 35.8 Å². The summed E-state index contributed by atoms with van der Waals surface area (Å²) in [6, 6.07) is 1.60. The Kier molecular flexibility index (Phi) is 37.0. The summed E-state index contributed by atoms with van der Waals surface area (Å²) in [5.41, 5.74) is 0. The van der Waals surface area contributed by atoms with Crippen LogP contribution in [0.3, 0.4) is 0 Å². The first-order valence-electron chi connectivity index (χ1n) is 27.2. The Labute approximate surface area is 375 Å². The Morgan fingerprint density at radius 3 is 0.897 bits per heavy atom. The van der Waals surface area contributed by atoms with Crippen molar-refractivity contribution in [2.75, 3.05) is 38.7 Å². The monoisotopic (exact) mass is 849 g/mol. The lowest BCUT2D eigenvalue weighted by atomic mass is 9.99. The van der Waals surface area contributed by atoms with Gasteiger partial charge in [0.1, 0.15) is 0 Å². The van der Waals surface area contributed by atoms with E-state index < -0.39 is 0 Å². The molecule has 0 bridgehead atoms. The van der Waals surface area contributed by atoms with Crippen LogP contribution >= 0.6 is 21.6 Å². The van der Waals surface area contributed by atoms with Gasteiger partial charge in [0.2, 0.25) is 0 Å². The molecular weight excluding hydrogens is 741 g/mol. The summed E-state index contributed by atoms with van der Waals surface area (Å²) in [5, 5.41) is 0. The minimum absolute atomic E-state index is 0.798. The summed E-state index contributed by atoms with van der Waals surface area (Å²) in [5.74, 6) is 6.98. The molecule has 346 valence electrons. The molecule has 6 unspecified atom stereocenters. The molecule has 0 radical (unpaired) electrons. The van der Waals surface area contributed by atoms with E-state index in [4.69, 9.17) is 0 Å². The molecule has 0 aromatic carbocycles. The lowest BCUT2D eigenvalue weighted by molar-refractivity contribution is 0.221. The summed E-state index contributed by atoms with van der Waals surface area (Å²) in [7, 11) is 9.17. The summed E-state index contributed by atoms with van der Waals surface area (Å²) in [6.45, 7) is 11.9. The minimum atomic E-state index is 0.798. The maximum absolute atomic E-state index is 2.75. The van der Waals surface area contributed by atoms with Crippen molar-refractivity contribution in [3.8, 4) is 0 Å². The van der Waals surface area contributed by atoms with Gasteiger partial charge in [-0.3, -0.25) is 0 Å². The number of hydrogen-bond donors (Lipinski definition) is 0. The largest absolute Gasteiger partial charge is 0.303 e. The van der Waals surface area contributed by atoms with Crippen LogP contribution in [0.4, 0.5) is 0 Å². The number of nitrogens with zero attached hydrogens (tertiary/aromatic N) is 2. The van der Waals surface area contributed by atoms with Gasteiger partial charge in [-0.15, -0.1) is 0 Å². The first-order valence-corrected chi connectivity index (χ1v) is 29.7. The molecule has 2 saturated carbocycles. The first-order chi connectivity index (χ1) is 28.5. The highest BCUT2D eigenvalue weighted by molar-refractivity contribution is 8.76. The molecular formula is C54H108N2S2. The fourth-order valence-corrected chi connectivity index (χ4v) is 12.4. The predicted molar refractivity (Wildman–Crippen MR) is 270 cm³/mol. The van der Waals surface area contributed by atoms with Crippen LogP contribution in [0.1, 0.15) is 272 Å². The molecule has 0 heterocycles. The average molecular weight is 850 g/mol. The van der Waals surface area contributed by atoms with Crippen molar-refractivity contribution in [3.63, 3.8) is 0 Å². The van der Waals surface area contributed by atoms with Gasteiger partial charge in [-0.25, -0.2) is 0 Å². The summed E-state index contributed by atoms with van der Waals surface area (Å²) < 4.78 is 0. The molecule has 58 heavy (non-hydrogen) atoms. The van der Waals surface area contributed by atoms with Gasteiger partial charge in [0.15, 0.2) is 0 Å². The van der Waals surface area contributed by atoms with Crippen molar-refractivity contribution < 1.29 is 0 Å². The highest BCUT2D eigenvalue weighted by atomic mass is 33.1. The molecule has 2 aliphatic carbocycles. The van der Waals surface area contributed by atoms with Gasteiger partial charge in [-0.1, -0.05) is 255 Å². The second kappa shape index (κ2) is 39.2. The van der Waals surface area contributed by atoms with Crippen molar-refractivity contribution in [1.82, 2.24) is 9.80 Å². The molecule has 0 aromatic heterocycles. The lowest BCUT2D eigenvalue weighted by Gasteiger charge is -2.29. The molecule has 0 aliphatic heterocycles. The Morgan fingerprint density at radius 2 is 0.586 bits per heavy atom. The number of hydrogen-bond acceptors (Lipinski definition) is 4. The van der Waals surface area contributed by atoms with Gasteiger partial charge in [0.05, 0.1) is 0 Å². The third kappa shape index (κ3) is 30.6. The third-order valence-corrected chi connectivity index (χ3v) is 17.3. The van der Waals surface area contributed by atoms with Crippen molar-refractivity contribution in [1.29, 1.82) is 0 Å². The molecule has 0 aromatic rings. The second-order valence-corrected chi connectivity index (χ2v) is 22.9. The van der Waals surface area contributed by atoms with Crippen molar-refractivity contribution in [2.45, 2.75) is 284 Å². The van der Waals surface area contributed by atoms with Crippen LogP contribution in [0, 0.1) is 23.7 Å². The maximum atomic E-state index is 2.75. The van der Waals surface area contributed by atoms with Crippen LogP contribution in [0.15, 0.2) is 0 Å². The van der Waals surface area contributed by atoms with Gasteiger partial charge in [-0.2, -0.15) is 0 Å². The van der Waals surface area contributed by atoms with Crippen LogP contribution in [0.2, 0.25) is 0 Å². The van der Waals surface area contributed by atoms with E-state index in [1.54, 1.807) is 12.8 Å². The smallest absolute Gasteiger partial charge is 0.0165 e. The van der Waals surface area contributed by atoms with Crippen molar-refractivity contribution in [3.05, 3.63) is 0 Å². The van der Waals surface area contributed by atoms with Gasteiger partial charge < -0.3 is 9.80 Å². The predicted octanol–water partition coefficient (Wildman–Crippen LogP) is 18.4. The third-order valence-electron chi connectivity index (χ3n) is 14.9. The minimum Gasteiger partial charge on any atom is -0.303 e. The van der Waals surface area contributed by atoms with E-state index in [9.17, 15) is 0 Å². The highest BCUT2D eigenvalue weighted by Crippen LogP contribution is 2.46. The topological polar surface area (TPSA) is 6.48 Å². The van der Waals surface area contributed by atoms with Crippen molar-refractivity contribution >= 4 is 21.6 Å². The molecule has 0 amide bonds. The molecule has 2 rings (SSSR count). The van der Waals surface area contributed by atoms with E-state index in [1.807, 2.05) is 0 Å². The zero-order chi connectivity index (χ0) is 41.7. The molecule has 0 N–H and O–H groups in total. The Morgan fingerprint density at radius 1 is 0.345 bits per heavy atom. The maximum Gasteiger partial charge on any atom is 0.0165 e. The quantitative estimate of drug-likeness (QED) is 0.0444. The van der Waals surface area contributed by atoms with Crippen LogP contribution < -0.4 is 0 Å². The van der Waals surface area contributed by atoms with Crippen LogP contribution in [-0.2, 0) is 0 Å². The van der Waals surface area contributed by atoms with E-state index in [0.29, 0.717) is 0 Å². The molecule has 2 nitrogen and oxygen atoms in total. The lowest BCUT2D eigenvalue weighted by Crippen LogP contribution is -2.34. The fourth-order valence-electron chi connectivity index (χ4n) is 10.3. The zero-order valence-corrected chi connectivity index (χ0v) is 42.5. The molecule has 2 fully saturated rings. The average Bonchev–Trinajstić information content (AvgIpc) is 4.16. The van der Waals surface area contributed by atoms with E-state index in [1.165, 1.54) is 256 Å². The first kappa shape index (κ1) is 54.8. The van der Waals surface area contributed by atoms with Gasteiger partial charge >= 0.3 is 0 Å². The van der Waals surface area contributed by atoms with Crippen molar-refractivity contribution in [2.24, 2.45) is 23.7 Å².